The SMILES string of the molecule is CCOC(=O)c1cc2cccnc2c(-c2ccccc2)c1C(F)(F)F. The van der Waals surface area contributed by atoms with Crippen molar-refractivity contribution in [3.8, 4) is 11.1 Å². The third kappa shape index (κ3) is 3.20. The van der Waals surface area contributed by atoms with Crippen LogP contribution in [0.15, 0.2) is 54.7 Å². The first-order valence-corrected chi connectivity index (χ1v) is 7.65. The Morgan fingerprint density at radius 1 is 1.12 bits per heavy atom. The summed E-state index contributed by atoms with van der Waals surface area (Å²) in [5, 5.41) is 0.442. The molecule has 0 aliphatic rings. The quantitative estimate of drug-likeness (QED) is 0.620. The van der Waals surface area contributed by atoms with Crippen LogP contribution in [0.3, 0.4) is 0 Å². The summed E-state index contributed by atoms with van der Waals surface area (Å²) in [7, 11) is 0. The van der Waals surface area contributed by atoms with E-state index in [1.165, 1.54) is 12.3 Å². The average molecular weight is 345 g/mol. The van der Waals surface area contributed by atoms with Crippen LogP contribution in [0.1, 0.15) is 22.8 Å². The number of pyridine rings is 1. The lowest BCUT2D eigenvalue weighted by Crippen LogP contribution is -2.17. The lowest BCUT2D eigenvalue weighted by atomic mass is 9.91. The van der Waals surface area contributed by atoms with Gasteiger partial charge in [-0.15, -0.1) is 0 Å². The Bertz CT molecular complexity index is 921. The first-order valence-electron chi connectivity index (χ1n) is 7.65. The molecule has 1 heterocycles. The summed E-state index contributed by atoms with van der Waals surface area (Å²) in [6.45, 7) is 1.54. The monoisotopic (exact) mass is 345 g/mol. The van der Waals surface area contributed by atoms with Crippen LogP contribution in [0.5, 0.6) is 0 Å². The minimum absolute atomic E-state index is 0.0120. The molecule has 0 bridgehead atoms. The zero-order valence-corrected chi connectivity index (χ0v) is 13.3. The maximum absolute atomic E-state index is 13.9. The summed E-state index contributed by atoms with van der Waals surface area (Å²) >= 11 is 0. The van der Waals surface area contributed by atoms with E-state index in [2.05, 4.69) is 4.98 Å². The fourth-order valence-electron chi connectivity index (χ4n) is 2.77. The van der Waals surface area contributed by atoms with Crippen molar-refractivity contribution in [3.63, 3.8) is 0 Å². The molecule has 1 aromatic heterocycles. The van der Waals surface area contributed by atoms with Crippen LogP contribution in [0.25, 0.3) is 22.0 Å². The van der Waals surface area contributed by atoms with Gasteiger partial charge in [-0.3, -0.25) is 4.98 Å². The highest BCUT2D eigenvalue weighted by atomic mass is 19.4. The molecule has 3 aromatic rings. The Labute approximate surface area is 142 Å². The highest BCUT2D eigenvalue weighted by molar-refractivity contribution is 6.04. The van der Waals surface area contributed by atoms with Gasteiger partial charge in [0.25, 0.3) is 0 Å². The number of alkyl halides is 3. The van der Waals surface area contributed by atoms with Gasteiger partial charge < -0.3 is 4.74 Å². The number of carbonyl (C=O) groups is 1. The fourth-order valence-corrected chi connectivity index (χ4v) is 2.77. The Morgan fingerprint density at radius 2 is 1.84 bits per heavy atom. The van der Waals surface area contributed by atoms with E-state index in [1.54, 1.807) is 49.4 Å². The van der Waals surface area contributed by atoms with Gasteiger partial charge in [0.2, 0.25) is 0 Å². The van der Waals surface area contributed by atoms with Crippen molar-refractivity contribution < 1.29 is 22.7 Å². The summed E-state index contributed by atoms with van der Waals surface area (Å²) in [5.41, 5.74) is -1.12. The average Bonchev–Trinajstić information content (AvgIpc) is 2.60. The molecule has 3 nitrogen and oxygen atoms in total. The lowest BCUT2D eigenvalue weighted by molar-refractivity contribution is -0.137. The molecule has 0 unspecified atom stereocenters. The summed E-state index contributed by atoms with van der Waals surface area (Å²) < 4.78 is 46.5. The summed E-state index contributed by atoms with van der Waals surface area (Å²) in [5.74, 6) is -1.00. The standard InChI is InChI=1S/C19H14F3NO2/c1-2-25-18(24)14-11-13-9-6-10-23-17(13)15(16(14)19(20,21)22)12-7-4-3-5-8-12/h3-11H,2H2,1H3. The topological polar surface area (TPSA) is 39.2 Å². The molecule has 25 heavy (non-hydrogen) atoms. The van der Waals surface area contributed by atoms with E-state index in [0.29, 0.717) is 10.9 Å². The van der Waals surface area contributed by atoms with Gasteiger partial charge in [-0.25, -0.2) is 4.79 Å². The van der Waals surface area contributed by atoms with Gasteiger partial charge in [-0.05, 0) is 24.6 Å². The third-order valence-electron chi connectivity index (χ3n) is 3.74. The minimum atomic E-state index is -4.74. The molecule has 0 radical (unpaired) electrons. The number of benzene rings is 2. The summed E-state index contributed by atoms with van der Waals surface area (Å²) in [4.78, 5) is 16.3. The Balaban J connectivity index is 2.46. The molecule has 2 aromatic carbocycles. The summed E-state index contributed by atoms with van der Waals surface area (Å²) in [6.07, 6.45) is -3.31. The van der Waals surface area contributed by atoms with Crippen molar-refractivity contribution in [3.05, 3.63) is 65.9 Å². The second-order valence-corrected chi connectivity index (χ2v) is 5.33. The maximum atomic E-state index is 13.9. The molecule has 0 saturated heterocycles. The number of halogens is 3. The smallest absolute Gasteiger partial charge is 0.417 e. The number of rotatable bonds is 3. The van der Waals surface area contributed by atoms with Gasteiger partial charge in [0.05, 0.1) is 23.3 Å². The molecule has 0 aliphatic carbocycles. The third-order valence-corrected chi connectivity index (χ3v) is 3.74. The van der Waals surface area contributed by atoms with Crippen LogP contribution in [-0.2, 0) is 10.9 Å². The van der Waals surface area contributed by atoms with Crippen LogP contribution in [-0.4, -0.2) is 17.6 Å². The number of esters is 1. The van der Waals surface area contributed by atoms with E-state index in [-0.39, 0.29) is 17.7 Å². The van der Waals surface area contributed by atoms with E-state index >= 15 is 0 Å². The summed E-state index contributed by atoms with van der Waals surface area (Å²) in [6, 6.07) is 12.5. The zero-order valence-electron chi connectivity index (χ0n) is 13.3. The van der Waals surface area contributed by atoms with E-state index in [4.69, 9.17) is 4.74 Å². The van der Waals surface area contributed by atoms with Crippen LogP contribution in [0.2, 0.25) is 0 Å². The van der Waals surface area contributed by atoms with Crippen molar-refractivity contribution in [2.45, 2.75) is 13.1 Å². The first-order chi connectivity index (χ1) is 11.9. The number of fused-ring (bicyclic) bond motifs is 1. The normalized spacial score (nSPS) is 11.5. The van der Waals surface area contributed by atoms with Gasteiger partial charge in [-0.2, -0.15) is 13.2 Å². The van der Waals surface area contributed by atoms with E-state index in [1.807, 2.05) is 0 Å². The van der Waals surface area contributed by atoms with Crippen molar-refractivity contribution in [2.75, 3.05) is 6.61 Å². The predicted molar refractivity (Wildman–Crippen MR) is 88.1 cm³/mol. The van der Waals surface area contributed by atoms with E-state index in [9.17, 15) is 18.0 Å². The number of hydrogen-bond acceptors (Lipinski definition) is 3. The first kappa shape index (κ1) is 17.0. The molecule has 0 saturated carbocycles. The van der Waals surface area contributed by atoms with Gasteiger partial charge >= 0.3 is 12.1 Å². The lowest BCUT2D eigenvalue weighted by Gasteiger charge is -2.19. The number of carbonyl (C=O) groups excluding carboxylic acids is 1. The molecule has 0 N–H and O–H groups in total. The van der Waals surface area contributed by atoms with Crippen LogP contribution in [0, 0.1) is 0 Å². The fraction of sp³-hybridized carbons (Fsp3) is 0.158. The molecule has 6 heteroatoms. The van der Waals surface area contributed by atoms with Gasteiger partial charge in [-0.1, -0.05) is 36.4 Å². The van der Waals surface area contributed by atoms with Gasteiger partial charge in [0.1, 0.15) is 0 Å². The Morgan fingerprint density at radius 3 is 2.48 bits per heavy atom. The molecule has 0 atom stereocenters. The molecule has 0 fully saturated rings. The predicted octanol–water partition coefficient (Wildman–Crippen LogP) is 5.10. The van der Waals surface area contributed by atoms with Crippen molar-refractivity contribution in [2.24, 2.45) is 0 Å². The second-order valence-electron chi connectivity index (χ2n) is 5.33. The molecular weight excluding hydrogens is 331 g/mol. The number of nitrogens with zero attached hydrogens (tertiary/aromatic N) is 1. The Hall–Kier alpha value is -2.89. The molecule has 0 amide bonds. The van der Waals surface area contributed by atoms with Crippen molar-refractivity contribution in [1.29, 1.82) is 0 Å². The minimum Gasteiger partial charge on any atom is -0.462 e. The molecule has 0 aliphatic heterocycles. The van der Waals surface area contributed by atoms with Crippen molar-refractivity contribution >= 4 is 16.9 Å². The Kier molecular flexibility index (Phi) is 4.44. The van der Waals surface area contributed by atoms with E-state index in [0.717, 1.165) is 0 Å². The van der Waals surface area contributed by atoms with Crippen LogP contribution in [0.4, 0.5) is 13.2 Å². The highest BCUT2D eigenvalue weighted by Gasteiger charge is 2.40. The molecule has 0 spiro atoms. The zero-order chi connectivity index (χ0) is 18.0. The molecule has 3 rings (SSSR count). The molecular formula is C19H14F3NO2. The van der Waals surface area contributed by atoms with Crippen LogP contribution < -0.4 is 0 Å². The van der Waals surface area contributed by atoms with Gasteiger partial charge in [0, 0.05) is 17.1 Å². The molecule has 128 valence electrons. The number of ether oxygens (including phenoxy) is 1. The maximum Gasteiger partial charge on any atom is 0.417 e. The number of hydrogen-bond donors (Lipinski definition) is 0. The van der Waals surface area contributed by atoms with E-state index < -0.39 is 23.3 Å². The largest absolute Gasteiger partial charge is 0.462 e. The highest BCUT2D eigenvalue weighted by Crippen LogP contribution is 2.43. The van der Waals surface area contributed by atoms with Gasteiger partial charge in [0.15, 0.2) is 0 Å². The second kappa shape index (κ2) is 6.55. The van der Waals surface area contributed by atoms with Crippen LogP contribution >= 0.6 is 0 Å². The number of aromatic nitrogens is 1. The van der Waals surface area contributed by atoms with Crippen molar-refractivity contribution in [1.82, 2.24) is 4.98 Å².